The molecule has 1 atom stereocenters. The maximum absolute atomic E-state index is 12.5. The molecule has 0 saturated carbocycles. The zero-order valence-electron chi connectivity index (χ0n) is 13.0. The Morgan fingerprint density at radius 3 is 2.64 bits per heavy atom. The zero-order valence-corrected chi connectivity index (χ0v) is 16.8. The van der Waals surface area contributed by atoms with E-state index in [4.69, 9.17) is 0 Å². The van der Waals surface area contributed by atoms with Crippen LogP contribution in [-0.2, 0) is 4.79 Å². The van der Waals surface area contributed by atoms with Crippen LogP contribution in [0.4, 0.5) is 0 Å². The van der Waals surface area contributed by atoms with E-state index in [0.29, 0.717) is 10.4 Å². The number of nitrogens with zero attached hydrogens (tertiary/aromatic N) is 1. The standard InChI is InChI=1S/C17H13IN2O3S2/c1-9-19-12(8-24-9)13-6-7-14(25-13)16(21)20-15(17(22)23)10-4-2-3-5-11(10)18/h2-8,15H,1H3,(H,20,21)(H,22,23). The second kappa shape index (κ2) is 7.63. The molecule has 0 spiro atoms. The summed E-state index contributed by atoms with van der Waals surface area (Å²) >= 11 is 4.91. The Bertz CT molecular complexity index is 935. The van der Waals surface area contributed by atoms with Gasteiger partial charge in [-0.1, -0.05) is 18.2 Å². The van der Waals surface area contributed by atoms with Gasteiger partial charge < -0.3 is 10.4 Å². The number of aryl methyl sites for hydroxylation is 1. The van der Waals surface area contributed by atoms with Gasteiger partial charge in [0.2, 0.25) is 0 Å². The van der Waals surface area contributed by atoms with Crippen molar-refractivity contribution in [1.29, 1.82) is 0 Å². The van der Waals surface area contributed by atoms with Crippen LogP contribution in [0.1, 0.15) is 26.3 Å². The summed E-state index contributed by atoms with van der Waals surface area (Å²) in [4.78, 5) is 29.9. The number of thiophene rings is 1. The van der Waals surface area contributed by atoms with Crippen LogP contribution in [0.2, 0.25) is 0 Å². The molecule has 2 N–H and O–H groups in total. The molecule has 0 aliphatic carbocycles. The molecule has 1 aromatic carbocycles. The van der Waals surface area contributed by atoms with E-state index in [1.54, 1.807) is 29.5 Å². The number of carbonyl (C=O) groups excluding carboxylic acids is 1. The molecule has 1 unspecified atom stereocenters. The van der Waals surface area contributed by atoms with Gasteiger partial charge in [-0.3, -0.25) is 4.79 Å². The summed E-state index contributed by atoms with van der Waals surface area (Å²) in [5.41, 5.74) is 1.40. The van der Waals surface area contributed by atoms with Gasteiger partial charge >= 0.3 is 5.97 Å². The first-order chi connectivity index (χ1) is 12.0. The Morgan fingerprint density at radius 1 is 1.24 bits per heavy atom. The highest BCUT2D eigenvalue weighted by Crippen LogP contribution is 2.29. The fourth-order valence-electron chi connectivity index (χ4n) is 2.26. The molecule has 2 aromatic heterocycles. The number of carboxylic acid groups (broad SMARTS) is 1. The van der Waals surface area contributed by atoms with Gasteiger partial charge in [-0.2, -0.15) is 0 Å². The Morgan fingerprint density at radius 2 is 2.00 bits per heavy atom. The monoisotopic (exact) mass is 484 g/mol. The van der Waals surface area contributed by atoms with Crippen molar-refractivity contribution in [3.8, 4) is 10.6 Å². The van der Waals surface area contributed by atoms with Crippen LogP contribution < -0.4 is 5.32 Å². The lowest BCUT2D eigenvalue weighted by atomic mass is 10.1. The largest absolute Gasteiger partial charge is 0.479 e. The molecule has 0 saturated heterocycles. The molecule has 8 heteroatoms. The first-order valence-electron chi connectivity index (χ1n) is 7.26. The van der Waals surface area contributed by atoms with Gasteiger partial charge in [0.05, 0.1) is 20.5 Å². The number of aromatic nitrogens is 1. The first-order valence-corrected chi connectivity index (χ1v) is 10.0. The average Bonchev–Trinajstić information content (AvgIpc) is 3.22. The molecule has 2 heterocycles. The lowest BCUT2D eigenvalue weighted by Crippen LogP contribution is -2.33. The molecule has 25 heavy (non-hydrogen) atoms. The van der Waals surface area contributed by atoms with Crippen LogP contribution in [0.25, 0.3) is 10.6 Å². The van der Waals surface area contributed by atoms with E-state index >= 15 is 0 Å². The van der Waals surface area contributed by atoms with Crippen molar-refractivity contribution in [3.05, 3.63) is 60.8 Å². The van der Waals surface area contributed by atoms with Crippen LogP contribution in [0.5, 0.6) is 0 Å². The summed E-state index contributed by atoms with van der Waals surface area (Å²) in [6.07, 6.45) is 0. The fraction of sp³-hybridized carbons (Fsp3) is 0.118. The molecule has 1 amide bonds. The van der Waals surface area contributed by atoms with Crippen molar-refractivity contribution in [1.82, 2.24) is 10.3 Å². The summed E-state index contributed by atoms with van der Waals surface area (Å²) in [7, 11) is 0. The Hall–Kier alpha value is -1.78. The predicted molar refractivity (Wildman–Crippen MR) is 107 cm³/mol. The van der Waals surface area contributed by atoms with Gasteiger partial charge in [0, 0.05) is 8.95 Å². The number of benzene rings is 1. The van der Waals surface area contributed by atoms with Crippen LogP contribution >= 0.6 is 45.3 Å². The van der Waals surface area contributed by atoms with E-state index in [1.165, 1.54) is 11.3 Å². The van der Waals surface area contributed by atoms with Gasteiger partial charge in [-0.05, 0) is 53.3 Å². The van der Waals surface area contributed by atoms with Gasteiger partial charge in [-0.15, -0.1) is 22.7 Å². The second-order valence-corrected chi connectivity index (χ2v) is 8.49. The molecular weight excluding hydrogens is 471 g/mol. The number of amides is 1. The van der Waals surface area contributed by atoms with Crippen molar-refractivity contribution in [3.63, 3.8) is 0 Å². The van der Waals surface area contributed by atoms with E-state index in [1.807, 2.05) is 30.5 Å². The topological polar surface area (TPSA) is 79.3 Å². The van der Waals surface area contributed by atoms with E-state index < -0.39 is 17.9 Å². The van der Waals surface area contributed by atoms with Crippen LogP contribution in [0, 0.1) is 10.5 Å². The van der Waals surface area contributed by atoms with Gasteiger partial charge in [0.1, 0.15) is 0 Å². The highest BCUT2D eigenvalue weighted by molar-refractivity contribution is 14.1. The van der Waals surface area contributed by atoms with Crippen molar-refractivity contribution in [2.75, 3.05) is 0 Å². The van der Waals surface area contributed by atoms with Gasteiger partial charge in [-0.25, -0.2) is 9.78 Å². The van der Waals surface area contributed by atoms with Gasteiger partial charge in [0.15, 0.2) is 6.04 Å². The summed E-state index contributed by atoms with van der Waals surface area (Å²) in [5, 5.41) is 15.0. The normalized spacial score (nSPS) is 11.9. The van der Waals surface area contributed by atoms with E-state index in [9.17, 15) is 14.7 Å². The van der Waals surface area contributed by atoms with Crippen LogP contribution in [0.15, 0.2) is 41.8 Å². The van der Waals surface area contributed by atoms with Crippen LogP contribution in [0.3, 0.4) is 0 Å². The minimum Gasteiger partial charge on any atom is -0.479 e. The third kappa shape index (κ3) is 4.07. The highest BCUT2D eigenvalue weighted by Gasteiger charge is 2.25. The van der Waals surface area contributed by atoms with Crippen LogP contribution in [-0.4, -0.2) is 22.0 Å². The molecule has 0 aliphatic heterocycles. The number of halogens is 1. The summed E-state index contributed by atoms with van der Waals surface area (Å²) in [6, 6.07) is 9.54. The van der Waals surface area contributed by atoms with E-state index in [-0.39, 0.29) is 0 Å². The molecule has 5 nitrogen and oxygen atoms in total. The zero-order chi connectivity index (χ0) is 18.0. The number of carbonyl (C=O) groups is 2. The van der Waals surface area contributed by atoms with Gasteiger partial charge in [0.25, 0.3) is 5.91 Å². The average molecular weight is 484 g/mol. The second-order valence-electron chi connectivity index (χ2n) is 5.18. The lowest BCUT2D eigenvalue weighted by molar-refractivity contribution is -0.139. The van der Waals surface area contributed by atoms with E-state index in [2.05, 4.69) is 32.9 Å². The minimum atomic E-state index is -1.09. The molecule has 0 fully saturated rings. The SMILES string of the molecule is Cc1nc(-c2ccc(C(=O)NC(C(=O)O)c3ccccc3I)s2)cs1. The highest BCUT2D eigenvalue weighted by atomic mass is 127. The molecule has 128 valence electrons. The molecule has 0 radical (unpaired) electrons. The molecule has 0 bridgehead atoms. The third-order valence-electron chi connectivity index (χ3n) is 3.44. The molecule has 3 aromatic rings. The maximum Gasteiger partial charge on any atom is 0.330 e. The smallest absolute Gasteiger partial charge is 0.330 e. The number of aliphatic carboxylic acids is 1. The minimum absolute atomic E-state index is 0.407. The quantitative estimate of drug-likeness (QED) is 0.529. The summed E-state index contributed by atoms with van der Waals surface area (Å²) < 4.78 is 0.789. The van der Waals surface area contributed by atoms with Crippen molar-refractivity contribution in [2.45, 2.75) is 13.0 Å². The number of nitrogens with one attached hydrogen (secondary N) is 1. The Labute approximate surface area is 165 Å². The molecule has 0 aliphatic rings. The number of hydrogen-bond donors (Lipinski definition) is 2. The first kappa shape index (κ1) is 18.0. The lowest BCUT2D eigenvalue weighted by Gasteiger charge is -2.15. The summed E-state index contributed by atoms with van der Waals surface area (Å²) in [5.74, 6) is -1.50. The number of thiazole rings is 1. The van der Waals surface area contributed by atoms with Crippen molar-refractivity contribution < 1.29 is 14.7 Å². The van der Waals surface area contributed by atoms with Crippen molar-refractivity contribution in [2.24, 2.45) is 0 Å². The molecule has 3 rings (SSSR count). The maximum atomic E-state index is 12.5. The number of carboxylic acids is 1. The predicted octanol–water partition coefficient (Wildman–Crippen LogP) is 4.34. The number of rotatable bonds is 5. The number of hydrogen-bond acceptors (Lipinski definition) is 5. The van der Waals surface area contributed by atoms with Crippen molar-refractivity contribution >= 4 is 57.1 Å². The Balaban J connectivity index is 1.82. The Kier molecular flexibility index (Phi) is 5.50. The fourth-order valence-corrected chi connectivity index (χ4v) is 4.51. The third-order valence-corrected chi connectivity index (χ3v) is 6.30. The molecular formula is C17H13IN2O3S2. The van der Waals surface area contributed by atoms with E-state index in [0.717, 1.165) is 19.1 Å². The summed E-state index contributed by atoms with van der Waals surface area (Å²) in [6.45, 7) is 1.92.